The zero-order valence-electron chi connectivity index (χ0n) is 10.3. The maximum Gasteiger partial charge on any atom is 0.320 e. The molecule has 0 bridgehead atoms. The van der Waals surface area contributed by atoms with E-state index in [1.165, 1.54) is 0 Å². The molecule has 0 spiro atoms. The van der Waals surface area contributed by atoms with Crippen LogP contribution in [0.3, 0.4) is 0 Å². The molecular weight excluding hydrogens is 230 g/mol. The smallest absolute Gasteiger partial charge is 0.320 e. The predicted octanol–water partition coefficient (Wildman–Crippen LogP) is 1.49. The third-order valence-corrected chi connectivity index (χ3v) is 3.60. The number of hydrogen-bond donors (Lipinski definition) is 2. The molecule has 1 fully saturated rings. The number of hydrogen-bond acceptors (Lipinski definition) is 3. The lowest BCUT2D eigenvalue weighted by Gasteiger charge is -2.27. The molecule has 1 aromatic carbocycles. The van der Waals surface area contributed by atoms with E-state index in [4.69, 9.17) is 5.11 Å². The van der Waals surface area contributed by atoms with Gasteiger partial charge in [0.25, 0.3) is 0 Å². The first kappa shape index (κ1) is 13.1. The minimum atomic E-state index is -0.758. The van der Waals surface area contributed by atoms with Crippen LogP contribution < -0.4 is 0 Å². The number of nitrogens with zero attached hydrogens (tertiary/aromatic N) is 1. The average molecular weight is 249 g/mol. The van der Waals surface area contributed by atoms with Gasteiger partial charge in [0, 0.05) is 19.2 Å². The number of carboxylic acid groups (broad SMARTS) is 1. The zero-order chi connectivity index (χ0) is 13.0. The Morgan fingerprint density at radius 3 is 2.61 bits per heavy atom. The average Bonchev–Trinajstić information content (AvgIpc) is 2.74. The zero-order valence-corrected chi connectivity index (χ0v) is 10.3. The van der Waals surface area contributed by atoms with Crippen LogP contribution in [-0.2, 0) is 11.3 Å². The van der Waals surface area contributed by atoms with Crippen molar-refractivity contribution in [3.63, 3.8) is 0 Å². The molecule has 2 N–H and O–H groups in total. The molecule has 0 aromatic heterocycles. The van der Waals surface area contributed by atoms with Crippen LogP contribution in [0.2, 0.25) is 0 Å². The number of aliphatic hydroxyl groups excluding tert-OH is 1. The second kappa shape index (κ2) is 5.98. The maximum atomic E-state index is 11.2. The largest absolute Gasteiger partial charge is 0.480 e. The molecule has 98 valence electrons. The molecule has 2 rings (SSSR count). The summed E-state index contributed by atoms with van der Waals surface area (Å²) in [6.45, 7) is 0.755. The number of benzene rings is 1. The SMILES string of the molecule is O=C(O)[C@@H]1CC[C@H](CCO)N1Cc1ccccc1. The molecule has 1 aliphatic heterocycles. The highest BCUT2D eigenvalue weighted by Crippen LogP contribution is 2.28. The van der Waals surface area contributed by atoms with Gasteiger partial charge in [-0.15, -0.1) is 0 Å². The first-order valence-corrected chi connectivity index (χ1v) is 6.35. The van der Waals surface area contributed by atoms with E-state index in [0.717, 1.165) is 12.0 Å². The van der Waals surface area contributed by atoms with E-state index in [1.807, 2.05) is 35.2 Å². The molecule has 0 saturated carbocycles. The summed E-state index contributed by atoms with van der Waals surface area (Å²) in [7, 11) is 0. The van der Waals surface area contributed by atoms with Crippen molar-refractivity contribution in [1.82, 2.24) is 4.90 Å². The van der Waals surface area contributed by atoms with Gasteiger partial charge in [-0.1, -0.05) is 30.3 Å². The molecular formula is C14H19NO3. The van der Waals surface area contributed by atoms with Gasteiger partial charge in [-0.05, 0) is 24.8 Å². The lowest BCUT2D eigenvalue weighted by atomic mass is 10.1. The summed E-state index contributed by atoms with van der Waals surface area (Å²) in [4.78, 5) is 13.3. The van der Waals surface area contributed by atoms with Crippen LogP contribution in [0.1, 0.15) is 24.8 Å². The number of aliphatic hydroxyl groups is 1. The topological polar surface area (TPSA) is 60.8 Å². The summed E-state index contributed by atoms with van der Waals surface area (Å²) in [6, 6.07) is 9.65. The Labute approximate surface area is 107 Å². The van der Waals surface area contributed by atoms with Gasteiger partial charge in [0.15, 0.2) is 0 Å². The minimum Gasteiger partial charge on any atom is -0.480 e. The van der Waals surface area contributed by atoms with Crippen LogP contribution >= 0.6 is 0 Å². The van der Waals surface area contributed by atoms with Crippen LogP contribution in [-0.4, -0.2) is 39.8 Å². The molecule has 0 radical (unpaired) electrons. The predicted molar refractivity (Wildman–Crippen MR) is 68.1 cm³/mol. The molecule has 1 aromatic rings. The molecule has 0 aliphatic carbocycles. The van der Waals surface area contributed by atoms with Crippen LogP contribution in [0.25, 0.3) is 0 Å². The maximum absolute atomic E-state index is 11.2. The van der Waals surface area contributed by atoms with Crippen molar-refractivity contribution in [3.8, 4) is 0 Å². The van der Waals surface area contributed by atoms with Gasteiger partial charge in [0.2, 0.25) is 0 Å². The second-order valence-corrected chi connectivity index (χ2v) is 4.76. The lowest BCUT2D eigenvalue weighted by Crippen LogP contribution is -2.40. The summed E-state index contributed by atoms with van der Waals surface area (Å²) in [6.07, 6.45) is 2.17. The molecule has 4 nitrogen and oxygen atoms in total. The van der Waals surface area contributed by atoms with Crippen molar-refractivity contribution >= 4 is 5.97 Å². The van der Waals surface area contributed by atoms with E-state index in [-0.39, 0.29) is 12.6 Å². The van der Waals surface area contributed by atoms with Crippen LogP contribution in [0.15, 0.2) is 30.3 Å². The molecule has 2 atom stereocenters. The quantitative estimate of drug-likeness (QED) is 0.830. The first-order valence-electron chi connectivity index (χ1n) is 6.35. The molecule has 0 unspecified atom stereocenters. The highest BCUT2D eigenvalue weighted by atomic mass is 16.4. The van der Waals surface area contributed by atoms with E-state index >= 15 is 0 Å². The van der Waals surface area contributed by atoms with Crippen molar-refractivity contribution in [3.05, 3.63) is 35.9 Å². The van der Waals surface area contributed by atoms with Crippen molar-refractivity contribution in [2.75, 3.05) is 6.61 Å². The summed E-state index contributed by atoms with van der Waals surface area (Å²) in [5, 5.41) is 18.3. The van der Waals surface area contributed by atoms with Crippen LogP contribution in [0.4, 0.5) is 0 Å². The van der Waals surface area contributed by atoms with Gasteiger partial charge in [0.05, 0.1) is 0 Å². The van der Waals surface area contributed by atoms with Crippen molar-refractivity contribution in [2.24, 2.45) is 0 Å². The Balaban J connectivity index is 2.11. The standard InChI is InChI=1S/C14H19NO3/c16-9-8-12-6-7-13(14(17)18)15(12)10-11-4-2-1-3-5-11/h1-5,12-13,16H,6-10H2,(H,17,18)/t12-,13+/m1/s1. The van der Waals surface area contributed by atoms with E-state index in [0.29, 0.717) is 19.4 Å². The molecule has 1 saturated heterocycles. The van der Waals surface area contributed by atoms with Crippen molar-refractivity contribution in [2.45, 2.75) is 37.9 Å². The lowest BCUT2D eigenvalue weighted by molar-refractivity contribution is -0.143. The Morgan fingerprint density at radius 1 is 1.28 bits per heavy atom. The highest BCUT2D eigenvalue weighted by molar-refractivity contribution is 5.73. The summed E-state index contributed by atoms with van der Waals surface area (Å²) in [5.41, 5.74) is 1.12. The summed E-state index contributed by atoms with van der Waals surface area (Å²) >= 11 is 0. The number of carboxylic acids is 1. The van der Waals surface area contributed by atoms with Gasteiger partial charge in [-0.2, -0.15) is 0 Å². The Kier molecular flexibility index (Phi) is 4.33. The van der Waals surface area contributed by atoms with Gasteiger partial charge in [-0.3, -0.25) is 9.69 Å². The summed E-state index contributed by atoms with van der Waals surface area (Å²) < 4.78 is 0. The van der Waals surface area contributed by atoms with E-state index < -0.39 is 12.0 Å². The van der Waals surface area contributed by atoms with E-state index in [1.54, 1.807) is 0 Å². The van der Waals surface area contributed by atoms with E-state index in [2.05, 4.69) is 0 Å². The Bertz CT molecular complexity index is 393. The van der Waals surface area contributed by atoms with Gasteiger partial charge in [-0.25, -0.2) is 0 Å². The fourth-order valence-electron chi connectivity index (χ4n) is 2.69. The normalized spacial score (nSPS) is 24.3. The molecule has 18 heavy (non-hydrogen) atoms. The number of carbonyl (C=O) groups is 1. The van der Waals surface area contributed by atoms with Gasteiger partial charge in [0.1, 0.15) is 6.04 Å². The molecule has 0 amide bonds. The van der Waals surface area contributed by atoms with E-state index in [9.17, 15) is 9.90 Å². The minimum absolute atomic E-state index is 0.113. The molecule has 4 heteroatoms. The fourth-order valence-corrected chi connectivity index (χ4v) is 2.69. The van der Waals surface area contributed by atoms with Gasteiger partial charge >= 0.3 is 5.97 Å². The third-order valence-electron chi connectivity index (χ3n) is 3.60. The van der Waals surface area contributed by atoms with Crippen molar-refractivity contribution in [1.29, 1.82) is 0 Å². The molecule has 1 aliphatic rings. The monoisotopic (exact) mass is 249 g/mol. The Morgan fingerprint density at radius 2 is 2.00 bits per heavy atom. The fraction of sp³-hybridized carbons (Fsp3) is 0.500. The third kappa shape index (κ3) is 2.89. The van der Waals surface area contributed by atoms with Crippen LogP contribution in [0, 0.1) is 0 Å². The first-order chi connectivity index (χ1) is 8.72. The second-order valence-electron chi connectivity index (χ2n) is 4.76. The molecule has 1 heterocycles. The number of likely N-dealkylation sites (tertiary alicyclic amines) is 1. The number of aliphatic carboxylic acids is 1. The number of rotatable bonds is 5. The van der Waals surface area contributed by atoms with Gasteiger partial charge < -0.3 is 10.2 Å². The Hall–Kier alpha value is -1.39. The van der Waals surface area contributed by atoms with Crippen molar-refractivity contribution < 1.29 is 15.0 Å². The summed E-state index contributed by atoms with van der Waals surface area (Å²) in [5.74, 6) is -0.758. The van der Waals surface area contributed by atoms with Crippen LogP contribution in [0.5, 0.6) is 0 Å². The highest BCUT2D eigenvalue weighted by Gasteiger charge is 2.37.